The Hall–Kier alpha value is -3.65. The van der Waals surface area contributed by atoms with E-state index >= 15 is 0 Å². The van der Waals surface area contributed by atoms with E-state index in [2.05, 4.69) is 19.9 Å². The van der Waals surface area contributed by atoms with Crippen molar-refractivity contribution < 1.29 is 4.39 Å². The van der Waals surface area contributed by atoms with Gasteiger partial charge in [0.15, 0.2) is 11.5 Å². The lowest BCUT2D eigenvalue weighted by Gasteiger charge is -2.16. The van der Waals surface area contributed by atoms with Crippen molar-refractivity contribution in [1.29, 1.82) is 0 Å². The highest BCUT2D eigenvalue weighted by Gasteiger charge is 2.23. The second kappa shape index (κ2) is 7.00. The lowest BCUT2D eigenvalue weighted by molar-refractivity contribution is 0.628. The molecule has 3 aromatic heterocycles. The molecule has 3 heterocycles. The molecule has 0 radical (unpaired) electrons. The molecular weight excluding hydrogens is 405 g/mol. The predicted octanol–water partition coefficient (Wildman–Crippen LogP) is 4.49. The van der Waals surface area contributed by atoms with Gasteiger partial charge in [-0.2, -0.15) is 0 Å². The molecule has 1 unspecified atom stereocenters. The highest BCUT2D eigenvalue weighted by molar-refractivity contribution is 6.34. The first-order chi connectivity index (χ1) is 14.5. The SMILES string of the molecule is CC(c1nc(N)c2nc[nH]c2n1)c1nc2cccc(Cl)c2nc1-c1cccc(F)c1. The number of H-pyrrole nitrogens is 1. The van der Waals surface area contributed by atoms with Crippen molar-refractivity contribution in [3.8, 4) is 11.3 Å². The van der Waals surface area contributed by atoms with Gasteiger partial charge in [0.1, 0.15) is 22.7 Å². The fourth-order valence-electron chi connectivity index (χ4n) is 3.40. The lowest BCUT2D eigenvalue weighted by atomic mass is 9.99. The second-order valence-corrected chi connectivity index (χ2v) is 7.27. The van der Waals surface area contributed by atoms with Gasteiger partial charge in [-0.25, -0.2) is 29.3 Å². The summed E-state index contributed by atoms with van der Waals surface area (Å²) in [5.74, 6) is -0.0227. The second-order valence-electron chi connectivity index (χ2n) is 6.86. The molecule has 0 aliphatic heterocycles. The van der Waals surface area contributed by atoms with Gasteiger partial charge in [-0.05, 0) is 31.2 Å². The fourth-order valence-corrected chi connectivity index (χ4v) is 3.61. The third kappa shape index (κ3) is 3.02. The van der Waals surface area contributed by atoms with Crippen LogP contribution in [-0.4, -0.2) is 29.9 Å². The molecule has 0 fully saturated rings. The summed E-state index contributed by atoms with van der Waals surface area (Å²) < 4.78 is 14.0. The summed E-state index contributed by atoms with van der Waals surface area (Å²) in [6.45, 7) is 1.90. The van der Waals surface area contributed by atoms with E-state index in [1.54, 1.807) is 24.3 Å². The molecule has 9 heteroatoms. The standard InChI is InChI=1S/C21H15ClFN7/c1-10(20-29-19(24)18-21(30-20)26-9-25-18)15-16(11-4-2-5-12(23)8-11)28-17-13(22)6-3-7-14(17)27-15/h2-10H,1H3,(H3,24,25,26,29,30). The van der Waals surface area contributed by atoms with Crippen molar-refractivity contribution in [2.75, 3.05) is 5.73 Å². The molecule has 148 valence electrons. The van der Waals surface area contributed by atoms with Gasteiger partial charge in [-0.3, -0.25) is 0 Å². The minimum atomic E-state index is -0.380. The summed E-state index contributed by atoms with van der Waals surface area (Å²) in [6, 6.07) is 11.6. The number of hydrogen-bond acceptors (Lipinski definition) is 6. The van der Waals surface area contributed by atoms with Crippen LogP contribution in [0.3, 0.4) is 0 Å². The van der Waals surface area contributed by atoms with Crippen molar-refractivity contribution >= 4 is 39.6 Å². The monoisotopic (exact) mass is 419 g/mol. The number of imidazole rings is 1. The summed E-state index contributed by atoms with van der Waals surface area (Å²) in [4.78, 5) is 25.6. The van der Waals surface area contributed by atoms with Gasteiger partial charge >= 0.3 is 0 Å². The van der Waals surface area contributed by atoms with E-state index in [0.29, 0.717) is 50.0 Å². The fraction of sp³-hybridized carbons (Fsp3) is 0.0952. The van der Waals surface area contributed by atoms with E-state index < -0.39 is 0 Å². The van der Waals surface area contributed by atoms with Gasteiger partial charge in [0, 0.05) is 5.56 Å². The van der Waals surface area contributed by atoms with Gasteiger partial charge in [-0.1, -0.05) is 29.8 Å². The van der Waals surface area contributed by atoms with Crippen molar-refractivity contribution in [2.45, 2.75) is 12.8 Å². The number of aromatic nitrogens is 6. The number of aromatic amines is 1. The number of nitrogens with two attached hydrogens (primary N) is 1. The number of benzene rings is 2. The molecule has 0 amide bonds. The zero-order chi connectivity index (χ0) is 20.8. The zero-order valence-corrected chi connectivity index (χ0v) is 16.5. The van der Waals surface area contributed by atoms with Crippen molar-refractivity contribution in [2.24, 2.45) is 0 Å². The molecular formula is C21H15ClFN7. The Bertz CT molecular complexity index is 1420. The van der Waals surface area contributed by atoms with E-state index in [1.807, 2.05) is 13.0 Å². The van der Waals surface area contributed by atoms with Gasteiger partial charge in [0.2, 0.25) is 0 Å². The molecule has 0 saturated carbocycles. The van der Waals surface area contributed by atoms with Crippen LogP contribution in [0.25, 0.3) is 33.5 Å². The normalized spacial score (nSPS) is 12.5. The molecule has 3 N–H and O–H groups in total. The first-order valence-corrected chi connectivity index (χ1v) is 9.57. The Morgan fingerprint density at radius 2 is 1.87 bits per heavy atom. The smallest absolute Gasteiger partial charge is 0.163 e. The molecule has 0 aliphatic carbocycles. The number of nitrogens with zero attached hydrogens (tertiary/aromatic N) is 5. The maximum absolute atomic E-state index is 14.0. The average Bonchev–Trinajstić information content (AvgIpc) is 3.22. The van der Waals surface area contributed by atoms with Crippen LogP contribution in [0, 0.1) is 5.82 Å². The first-order valence-electron chi connectivity index (χ1n) is 9.20. The van der Waals surface area contributed by atoms with Crippen molar-refractivity contribution in [1.82, 2.24) is 29.9 Å². The summed E-state index contributed by atoms with van der Waals surface area (Å²) in [7, 11) is 0. The predicted molar refractivity (Wildman–Crippen MR) is 114 cm³/mol. The number of hydrogen-bond donors (Lipinski definition) is 2. The van der Waals surface area contributed by atoms with Crippen LogP contribution in [0.15, 0.2) is 48.8 Å². The van der Waals surface area contributed by atoms with Crippen molar-refractivity contribution in [3.63, 3.8) is 0 Å². The van der Waals surface area contributed by atoms with Crippen molar-refractivity contribution in [3.05, 3.63) is 71.2 Å². The Labute approximate surface area is 175 Å². The third-order valence-electron chi connectivity index (χ3n) is 4.89. The number of rotatable bonds is 3. The molecule has 5 rings (SSSR count). The Morgan fingerprint density at radius 1 is 1.03 bits per heavy atom. The van der Waals surface area contributed by atoms with E-state index in [0.717, 1.165) is 0 Å². The zero-order valence-electron chi connectivity index (χ0n) is 15.8. The molecule has 30 heavy (non-hydrogen) atoms. The summed E-state index contributed by atoms with van der Waals surface area (Å²) in [5.41, 5.74) is 9.95. The highest BCUT2D eigenvalue weighted by Crippen LogP contribution is 2.33. The average molecular weight is 420 g/mol. The number of fused-ring (bicyclic) bond motifs is 2. The third-order valence-corrected chi connectivity index (χ3v) is 5.20. The van der Waals surface area contributed by atoms with E-state index in [9.17, 15) is 4.39 Å². The van der Waals surface area contributed by atoms with E-state index in [4.69, 9.17) is 27.3 Å². The number of halogens is 2. The largest absolute Gasteiger partial charge is 0.382 e. The maximum atomic E-state index is 14.0. The van der Waals surface area contributed by atoms with Crippen LogP contribution in [0.1, 0.15) is 24.4 Å². The van der Waals surface area contributed by atoms with Crippen LogP contribution < -0.4 is 5.73 Å². The number of para-hydroxylation sites is 1. The Kier molecular flexibility index (Phi) is 4.29. The molecule has 1 atom stereocenters. The number of anilines is 1. The Balaban J connectivity index is 1.76. The molecule has 0 spiro atoms. The molecule has 0 saturated heterocycles. The van der Waals surface area contributed by atoms with Gasteiger partial charge in [0.25, 0.3) is 0 Å². The van der Waals surface area contributed by atoms with E-state index in [-0.39, 0.29) is 17.6 Å². The molecule has 2 aromatic carbocycles. The molecule has 0 aliphatic rings. The van der Waals surface area contributed by atoms with Crippen LogP contribution in [0.2, 0.25) is 5.02 Å². The number of nitrogen functional groups attached to an aromatic ring is 1. The van der Waals surface area contributed by atoms with Gasteiger partial charge in [-0.15, -0.1) is 0 Å². The highest BCUT2D eigenvalue weighted by atomic mass is 35.5. The lowest BCUT2D eigenvalue weighted by Crippen LogP contribution is -2.10. The van der Waals surface area contributed by atoms with Crippen LogP contribution in [0.5, 0.6) is 0 Å². The summed E-state index contributed by atoms with van der Waals surface area (Å²) in [6.07, 6.45) is 1.51. The van der Waals surface area contributed by atoms with Gasteiger partial charge in [0.05, 0.1) is 34.2 Å². The Morgan fingerprint density at radius 3 is 2.70 bits per heavy atom. The topological polar surface area (TPSA) is 106 Å². The minimum Gasteiger partial charge on any atom is -0.382 e. The quantitative estimate of drug-likeness (QED) is 0.446. The molecule has 7 nitrogen and oxygen atoms in total. The van der Waals surface area contributed by atoms with Crippen LogP contribution in [-0.2, 0) is 0 Å². The first kappa shape index (κ1) is 18.4. The molecule has 5 aromatic rings. The van der Waals surface area contributed by atoms with Crippen LogP contribution in [0.4, 0.5) is 10.2 Å². The van der Waals surface area contributed by atoms with E-state index in [1.165, 1.54) is 18.5 Å². The summed E-state index contributed by atoms with van der Waals surface area (Å²) in [5, 5.41) is 0.469. The summed E-state index contributed by atoms with van der Waals surface area (Å²) >= 11 is 6.34. The number of nitrogens with one attached hydrogen (secondary N) is 1. The molecule has 0 bridgehead atoms. The van der Waals surface area contributed by atoms with Crippen LogP contribution >= 0.6 is 11.6 Å². The minimum absolute atomic E-state index is 0.271. The maximum Gasteiger partial charge on any atom is 0.163 e. The van der Waals surface area contributed by atoms with Gasteiger partial charge < -0.3 is 10.7 Å².